The van der Waals surface area contributed by atoms with E-state index in [2.05, 4.69) is 11.0 Å². The number of pyridine rings is 4. The molecule has 7 rings (SSSR count). The molecule has 40 heavy (non-hydrogen) atoms. The van der Waals surface area contributed by atoms with Gasteiger partial charge in [0.05, 0.1) is 34.1 Å². The van der Waals surface area contributed by atoms with E-state index in [1.165, 1.54) is 0 Å². The highest BCUT2D eigenvalue weighted by atomic mass is 15.2. The summed E-state index contributed by atoms with van der Waals surface area (Å²) < 4.78 is 0. The average molecular weight is 520 g/mol. The lowest BCUT2D eigenvalue weighted by Crippen LogP contribution is -2.22. The highest BCUT2D eigenvalue weighted by molar-refractivity contribution is 6.08. The van der Waals surface area contributed by atoms with Gasteiger partial charge in [-0.15, -0.1) is 0 Å². The summed E-state index contributed by atoms with van der Waals surface area (Å²) in [5.74, 6) is 0.773. The minimum atomic E-state index is 0.602. The molecule has 7 nitrogen and oxygen atoms in total. The van der Waals surface area contributed by atoms with Crippen LogP contribution in [-0.4, -0.2) is 19.9 Å². The number of nitrogen functional groups attached to an aromatic ring is 2. The Labute approximate surface area is 231 Å². The van der Waals surface area contributed by atoms with E-state index in [0.717, 1.165) is 62.1 Å². The molecule has 1 aliphatic rings. The first kappa shape index (κ1) is 23.5. The summed E-state index contributed by atoms with van der Waals surface area (Å²) in [7, 11) is 0. The fraction of sp³-hybridized carbons (Fsp3) is 0.0303. The number of rotatable bonds is 4. The van der Waals surface area contributed by atoms with Crippen LogP contribution in [0.3, 0.4) is 0 Å². The van der Waals surface area contributed by atoms with Crippen LogP contribution in [0.5, 0.6) is 0 Å². The van der Waals surface area contributed by atoms with Crippen molar-refractivity contribution in [2.45, 2.75) is 6.42 Å². The highest BCUT2D eigenvalue weighted by Crippen LogP contribution is 2.56. The van der Waals surface area contributed by atoms with Gasteiger partial charge >= 0.3 is 0 Å². The molecular formula is C33H25N7. The number of nitrogens with two attached hydrogens (primary N) is 2. The molecule has 0 atom stereocenters. The number of fused-ring (bicyclic) bond motifs is 2. The van der Waals surface area contributed by atoms with Crippen molar-refractivity contribution in [2.24, 2.45) is 0 Å². The first-order valence-electron chi connectivity index (χ1n) is 13.0. The Morgan fingerprint density at radius 1 is 0.575 bits per heavy atom. The van der Waals surface area contributed by atoms with E-state index in [1.54, 1.807) is 24.8 Å². The Balaban J connectivity index is 1.69. The fourth-order valence-electron chi connectivity index (χ4n) is 5.57. The van der Waals surface area contributed by atoms with Crippen LogP contribution in [0.25, 0.3) is 33.8 Å². The van der Waals surface area contributed by atoms with Crippen LogP contribution in [0.2, 0.25) is 0 Å². The smallest absolute Gasteiger partial charge is 0.137 e. The molecule has 4 aromatic heterocycles. The third kappa shape index (κ3) is 3.84. The molecular weight excluding hydrogens is 494 g/mol. The van der Waals surface area contributed by atoms with Crippen LogP contribution in [0.4, 0.5) is 28.6 Å². The Morgan fingerprint density at radius 2 is 1.15 bits per heavy atom. The molecule has 0 aliphatic carbocycles. The number of hydrogen-bond donors (Lipinski definition) is 2. The SMILES string of the molecule is Nc1ccc2c(c1)Cc1c(-c3ccccn3)c(N)c(-c3ccccn3)c(-c3ccccn3)c1N2c1ccccn1. The molecule has 0 spiro atoms. The Bertz CT molecular complexity index is 1820. The Morgan fingerprint density at radius 3 is 1.73 bits per heavy atom. The van der Waals surface area contributed by atoms with E-state index in [0.29, 0.717) is 17.8 Å². The van der Waals surface area contributed by atoms with Crippen LogP contribution >= 0.6 is 0 Å². The van der Waals surface area contributed by atoms with Gasteiger partial charge in [-0.25, -0.2) is 4.98 Å². The standard InChI is InChI=1S/C33H25N7/c34-22-13-14-27-21(19-22)20-23-29(24-9-1-5-15-36-24)32(35)30(25-10-2-6-16-37-25)31(26-11-3-7-17-38-26)33(23)40(27)28-12-4-8-18-39-28/h1-19H,20,34-35H2. The van der Waals surface area contributed by atoms with Gasteiger partial charge < -0.3 is 11.5 Å². The lowest BCUT2D eigenvalue weighted by molar-refractivity contribution is 1.06. The van der Waals surface area contributed by atoms with Gasteiger partial charge in [-0.1, -0.05) is 24.3 Å². The van der Waals surface area contributed by atoms with Crippen LogP contribution in [0.15, 0.2) is 116 Å². The molecule has 6 aromatic rings. The van der Waals surface area contributed by atoms with Gasteiger partial charge in [0.25, 0.3) is 0 Å². The van der Waals surface area contributed by atoms with Crippen LogP contribution in [-0.2, 0) is 6.42 Å². The quantitative estimate of drug-likeness (QED) is 0.246. The van der Waals surface area contributed by atoms with Gasteiger partial charge in [-0.2, -0.15) is 0 Å². The molecule has 0 radical (unpaired) electrons. The zero-order valence-electron chi connectivity index (χ0n) is 21.6. The largest absolute Gasteiger partial charge is 0.399 e. The summed E-state index contributed by atoms with van der Waals surface area (Å²) >= 11 is 0. The molecule has 4 N–H and O–H groups in total. The zero-order valence-corrected chi connectivity index (χ0v) is 21.6. The maximum absolute atomic E-state index is 7.18. The summed E-state index contributed by atoms with van der Waals surface area (Å²) in [6, 6.07) is 29.6. The van der Waals surface area contributed by atoms with Crippen molar-refractivity contribution in [3.05, 3.63) is 127 Å². The van der Waals surface area contributed by atoms with Crippen LogP contribution < -0.4 is 16.4 Å². The van der Waals surface area contributed by atoms with Crippen molar-refractivity contribution in [1.29, 1.82) is 0 Å². The molecule has 0 bridgehead atoms. The predicted octanol–water partition coefficient (Wildman–Crippen LogP) is 6.81. The van der Waals surface area contributed by atoms with E-state index in [4.69, 9.17) is 31.4 Å². The van der Waals surface area contributed by atoms with Crippen molar-refractivity contribution in [2.75, 3.05) is 16.4 Å². The maximum atomic E-state index is 7.18. The van der Waals surface area contributed by atoms with Crippen molar-refractivity contribution >= 4 is 28.6 Å². The Hall–Kier alpha value is -5.56. The van der Waals surface area contributed by atoms with E-state index < -0.39 is 0 Å². The van der Waals surface area contributed by atoms with Crippen LogP contribution in [0, 0.1) is 0 Å². The monoisotopic (exact) mass is 519 g/mol. The molecule has 0 unspecified atom stereocenters. The van der Waals surface area contributed by atoms with Crippen molar-refractivity contribution in [1.82, 2.24) is 19.9 Å². The molecule has 1 aliphatic heterocycles. The summed E-state index contributed by atoms with van der Waals surface area (Å²) in [6.45, 7) is 0. The minimum Gasteiger partial charge on any atom is -0.399 e. The second-order valence-electron chi connectivity index (χ2n) is 9.60. The van der Waals surface area contributed by atoms with Gasteiger partial charge in [-0.05, 0) is 77.9 Å². The summed E-state index contributed by atoms with van der Waals surface area (Å²) in [5.41, 5.74) is 23.7. The lowest BCUT2D eigenvalue weighted by atomic mass is 9.82. The zero-order chi connectivity index (χ0) is 27.1. The summed E-state index contributed by atoms with van der Waals surface area (Å²) in [6.07, 6.45) is 7.79. The molecule has 7 heteroatoms. The molecule has 0 fully saturated rings. The fourth-order valence-corrected chi connectivity index (χ4v) is 5.57. The van der Waals surface area contributed by atoms with Gasteiger partial charge in [-0.3, -0.25) is 19.9 Å². The highest BCUT2D eigenvalue weighted by Gasteiger charge is 2.35. The summed E-state index contributed by atoms with van der Waals surface area (Å²) in [5, 5.41) is 0. The normalized spacial score (nSPS) is 12.1. The van der Waals surface area contributed by atoms with Crippen LogP contribution in [0.1, 0.15) is 11.1 Å². The first-order valence-corrected chi connectivity index (χ1v) is 13.0. The molecule has 0 saturated carbocycles. The molecule has 5 heterocycles. The van der Waals surface area contributed by atoms with Gasteiger partial charge in [0.1, 0.15) is 5.82 Å². The van der Waals surface area contributed by atoms with E-state index in [1.807, 2.05) is 84.9 Å². The number of aromatic nitrogens is 4. The third-order valence-electron chi connectivity index (χ3n) is 7.19. The second-order valence-corrected chi connectivity index (χ2v) is 9.60. The molecule has 192 valence electrons. The van der Waals surface area contributed by atoms with Gasteiger partial charge in [0.2, 0.25) is 0 Å². The van der Waals surface area contributed by atoms with Gasteiger partial charge in [0, 0.05) is 53.6 Å². The number of hydrogen-bond acceptors (Lipinski definition) is 7. The van der Waals surface area contributed by atoms with Gasteiger partial charge in [0.15, 0.2) is 0 Å². The predicted molar refractivity (Wildman–Crippen MR) is 160 cm³/mol. The number of benzene rings is 2. The first-order chi connectivity index (χ1) is 19.7. The third-order valence-corrected chi connectivity index (χ3v) is 7.19. The van der Waals surface area contributed by atoms with E-state index in [9.17, 15) is 0 Å². The van der Waals surface area contributed by atoms with Crippen molar-refractivity contribution in [3.8, 4) is 33.8 Å². The van der Waals surface area contributed by atoms with Crippen molar-refractivity contribution in [3.63, 3.8) is 0 Å². The second kappa shape index (κ2) is 9.63. The average Bonchev–Trinajstić information content (AvgIpc) is 3.01. The lowest BCUT2D eigenvalue weighted by Gasteiger charge is -2.37. The topological polar surface area (TPSA) is 107 Å². The maximum Gasteiger partial charge on any atom is 0.137 e. The van der Waals surface area contributed by atoms with E-state index >= 15 is 0 Å². The minimum absolute atomic E-state index is 0.602. The number of anilines is 5. The molecule has 0 amide bonds. The summed E-state index contributed by atoms with van der Waals surface area (Å²) in [4.78, 5) is 21.3. The van der Waals surface area contributed by atoms with E-state index in [-0.39, 0.29) is 0 Å². The Kier molecular flexibility index (Phi) is 5.67. The van der Waals surface area contributed by atoms with Crippen molar-refractivity contribution < 1.29 is 0 Å². The molecule has 2 aromatic carbocycles. The molecule has 0 saturated heterocycles. The number of nitrogens with zero attached hydrogens (tertiary/aromatic N) is 5.